The SMILES string of the molecule is CC(C)c1cc(N(C)C)nc(SCc2cccc(C(=O)O)c2)n1. The molecule has 0 saturated heterocycles. The van der Waals surface area contributed by atoms with Crippen molar-refractivity contribution >= 4 is 23.5 Å². The minimum Gasteiger partial charge on any atom is -0.478 e. The molecule has 0 atom stereocenters. The number of hydrogen-bond acceptors (Lipinski definition) is 5. The average Bonchev–Trinajstić information content (AvgIpc) is 2.52. The van der Waals surface area contributed by atoms with E-state index >= 15 is 0 Å². The van der Waals surface area contributed by atoms with Crippen molar-refractivity contribution in [3.05, 3.63) is 47.2 Å². The van der Waals surface area contributed by atoms with Gasteiger partial charge in [-0.2, -0.15) is 0 Å². The molecular weight excluding hydrogens is 310 g/mol. The predicted octanol–water partition coefficient (Wildman–Crippen LogP) is 3.66. The molecule has 122 valence electrons. The van der Waals surface area contributed by atoms with Crippen molar-refractivity contribution < 1.29 is 9.90 Å². The second-order valence-electron chi connectivity index (χ2n) is 5.78. The fourth-order valence-electron chi connectivity index (χ4n) is 1.96. The molecule has 0 aliphatic heterocycles. The van der Waals surface area contributed by atoms with Gasteiger partial charge in [0.15, 0.2) is 5.16 Å². The summed E-state index contributed by atoms with van der Waals surface area (Å²) in [5.41, 5.74) is 2.25. The number of thioether (sulfide) groups is 1. The quantitative estimate of drug-likeness (QED) is 0.644. The van der Waals surface area contributed by atoms with E-state index in [0.29, 0.717) is 22.4 Å². The van der Waals surface area contributed by atoms with Gasteiger partial charge in [0.25, 0.3) is 0 Å². The Labute approximate surface area is 140 Å². The summed E-state index contributed by atoms with van der Waals surface area (Å²) in [6.45, 7) is 4.21. The van der Waals surface area contributed by atoms with Gasteiger partial charge in [-0.05, 0) is 23.6 Å². The van der Waals surface area contributed by atoms with Crippen LogP contribution in [0.1, 0.15) is 41.4 Å². The number of hydrogen-bond donors (Lipinski definition) is 1. The van der Waals surface area contributed by atoms with E-state index < -0.39 is 5.97 Å². The second kappa shape index (κ2) is 7.46. The molecule has 6 heteroatoms. The van der Waals surface area contributed by atoms with Gasteiger partial charge >= 0.3 is 5.97 Å². The van der Waals surface area contributed by atoms with Crippen LogP contribution in [0.15, 0.2) is 35.5 Å². The summed E-state index contributed by atoms with van der Waals surface area (Å²) >= 11 is 1.52. The highest BCUT2D eigenvalue weighted by molar-refractivity contribution is 7.98. The van der Waals surface area contributed by atoms with Crippen molar-refractivity contribution in [2.75, 3.05) is 19.0 Å². The molecule has 2 aromatic rings. The van der Waals surface area contributed by atoms with E-state index in [1.165, 1.54) is 11.8 Å². The first kappa shape index (κ1) is 17.3. The molecule has 1 N–H and O–H groups in total. The molecular formula is C17H21N3O2S. The van der Waals surface area contributed by atoms with Gasteiger partial charge in [-0.25, -0.2) is 14.8 Å². The lowest BCUT2D eigenvalue weighted by Gasteiger charge is -2.15. The lowest BCUT2D eigenvalue weighted by atomic mass is 10.1. The molecule has 0 saturated carbocycles. The first-order valence-electron chi connectivity index (χ1n) is 7.38. The van der Waals surface area contributed by atoms with Crippen molar-refractivity contribution in [3.63, 3.8) is 0 Å². The third-order valence-corrected chi connectivity index (χ3v) is 4.22. The van der Waals surface area contributed by atoms with Crippen LogP contribution < -0.4 is 4.90 Å². The largest absolute Gasteiger partial charge is 0.478 e. The van der Waals surface area contributed by atoms with Gasteiger partial charge in [-0.3, -0.25) is 0 Å². The van der Waals surface area contributed by atoms with Crippen molar-refractivity contribution in [3.8, 4) is 0 Å². The Balaban J connectivity index is 2.19. The minimum atomic E-state index is -0.912. The first-order chi connectivity index (χ1) is 10.9. The van der Waals surface area contributed by atoms with Crippen LogP contribution in [-0.2, 0) is 5.75 Å². The molecule has 0 radical (unpaired) electrons. The third kappa shape index (κ3) is 4.69. The molecule has 0 aliphatic rings. The van der Waals surface area contributed by atoms with Crippen molar-refractivity contribution in [1.29, 1.82) is 0 Å². The summed E-state index contributed by atoms with van der Waals surface area (Å²) in [5, 5.41) is 9.76. The standard InChI is InChI=1S/C17H21N3O2S/c1-11(2)14-9-15(20(3)4)19-17(18-14)23-10-12-6-5-7-13(8-12)16(21)22/h5-9,11H,10H2,1-4H3,(H,21,22). The van der Waals surface area contributed by atoms with Crippen molar-refractivity contribution in [1.82, 2.24) is 9.97 Å². The molecule has 5 nitrogen and oxygen atoms in total. The molecule has 1 aromatic carbocycles. The van der Waals surface area contributed by atoms with E-state index in [9.17, 15) is 4.79 Å². The number of nitrogens with zero attached hydrogens (tertiary/aromatic N) is 3. The van der Waals surface area contributed by atoms with E-state index in [1.807, 2.05) is 31.1 Å². The van der Waals surface area contributed by atoms with E-state index in [0.717, 1.165) is 17.1 Å². The minimum absolute atomic E-state index is 0.300. The molecule has 0 aliphatic carbocycles. The Morgan fingerprint density at radius 2 is 2.00 bits per heavy atom. The zero-order valence-electron chi connectivity index (χ0n) is 13.8. The summed E-state index contributed by atoms with van der Waals surface area (Å²) < 4.78 is 0. The number of carbonyl (C=O) groups is 1. The Morgan fingerprint density at radius 3 is 2.61 bits per heavy atom. The van der Waals surface area contributed by atoms with Gasteiger partial charge in [0.1, 0.15) is 5.82 Å². The highest BCUT2D eigenvalue weighted by Crippen LogP contribution is 2.25. The van der Waals surface area contributed by atoms with Crippen LogP contribution in [0.2, 0.25) is 0 Å². The van der Waals surface area contributed by atoms with Gasteiger partial charge in [0.2, 0.25) is 0 Å². The van der Waals surface area contributed by atoms with Crippen molar-refractivity contribution in [2.45, 2.75) is 30.7 Å². The van der Waals surface area contributed by atoms with Crippen LogP contribution in [0.25, 0.3) is 0 Å². The molecule has 1 heterocycles. The fraction of sp³-hybridized carbons (Fsp3) is 0.353. The lowest BCUT2D eigenvalue weighted by Crippen LogP contribution is -2.12. The average molecular weight is 331 g/mol. The van der Waals surface area contributed by atoms with E-state index in [4.69, 9.17) is 5.11 Å². The van der Waals surface area contributed by atoms with Crippen molar-refractivity contribution in [2.24, 2.45) is 0 Å². The van der Waals surface area contributed by atoms with E-state index in [1.54, 1.807) is 18.2 Å². The van der Waals surface area contributed by atoms with Crippen LogP contribution in [0.3, 0.4) is 0 Å². The summed E-state index contributed by atoms with van der Waals surface area (Å²) in [6.07, 6.45) is 0. The molecule has 0 amide bonds. The Morgan fingerprint density at radius 1 is 1.26 bits per heavy atom. The summed E-state index contributed by atoms with van der Waals surface area (Å²) in [7, 11) is 3.91. The maximum atomic E-state index is 11.0. The molecule has 0 fully saturated rings. The number of carboxylic acids is 1. The zero-order valence-corrected chi connectivity index (χ0v) is 14.6. The van der Waals surface area contributed by atoms with Gasteiger partial charge in [0, 0.05) is 31.6 Å². The van der Waals surface area contributed by atoms with E-state index in [2.05, 4.69) is 23.8 Å². The highest BCUT2D eigenvalue weighted by Gasteiger charge is 2.10. The fourth-order valence-corrected chi connectivity index (χ4v) is 2.77. The summed E-state index contributed by atoms with van der Waals surface area (Å²) in [5.74, 6) is 0.928. The first-order valence-corrected chi connectivity index (χ1v) is 8.36. The maximum absolute atomic E-state index is 11.0. The van der Waals surface area contributed by atoms with Gasteiger partial charge < -0.3 is 10.0 Å². The monoisotopic (exact) mass is 331 g/mol. The molecule has 23 heavy (non-hydrogen) atoms. The Kier molecular flexibility index (Phi) is 5.60. The Hall–Kier alpha value is -2.08. The topological polar surface area (TPSA) is 66.3 Å². The predicted molar refractivity (Wildman–Crippen MR) is 93.4 cm³/mol. The Bertz CT molecular complexity index is 676. The van der Waals surface area contributed by atoms with E-state index in [-0.39, 0.29) is 0 Å². The van der Waals surface area contributed by atoms with Gasteiger partial charge in [-0.1, -0.05) is 37.7 Å². The summed E-state index contributed by atoms with van der Waals surface area (Å²) in [6, 6.07) is 8.96. The normalized spacial score (nSPS) is 10.8. The van der Waals surface area contributed by atoms with Crippen LogP contribution in [0.4, 0.5) is 5.82 Å². The molecule has 0 spiro atoms. The number of benzene rings is 1. The number of aromatic nitrogens is 2. The molecule has 1 aromatic heterocycles. The number of carboxylic acid groups (broad SMARTS) is 1. The van der Waals surface area contributed by atoms with Crippen LogP contribution in [-0.4, -0.2) is 35.1 Å². The molecule has 0 unspecified atom stereocenters. The highest BCUT2D eigenvalue weighted by atomic mass is 32.2. The number of aromatic carboxylic acids is 1. The molecule has 0 bridgehead atoms. The third-order valence-electron chi connectivity index (χ3n) is 3.30. The molecule has 2 rings (SSSR count). The maximum Gasteiger partial charge on any atom is 0.335 e. The van der Waals surface area contributed by atoms with Gasteiger partial charge in [0.05, 0.1) is 5.56 Å². The smallest absolute Gasteiger partial charge is 0.335 e. The van der Waals surface area contributed by atoms with Crippen LogP contribution >= 0.6 is 11.8 Å². The zero-order chi connectivity index (χ0) is 17.0. The van der Waals surface area contributed by atoms with Crippen LogP contribution in [0, 0.1) is 0 Å². The number of rotatable bonds is 6. The lowest BCUT2D eigenvalue weighted by molar-refractivity contribution is 0.0697. The number of anilines is 1. The second-order valence-corrected chi connectivity index (χ2v) is 6.72. The summed E-state index contributed by atoms with van der Waals surface area (Å²) in [4.78, 5) is 22.1. The van der Waals surface area contributed by atoms with Gasteiger partial charge in [-0.15, -0.1) is 0 Å². The van der Waals surface area contributed by atoms with Crippen LogP contribution in [0.5, 0.6) is 0 Å².